The molecule has 81 valence electrons. The van der Waals surface area contributed by atoms with E-state index in [0.717, 1.165) is 0 Å². The van der Waals surface area contributed by atoms with E-state index in [2.05, 4.69) is 25.6 Å². The molecule has 0 heterocycles. The molecule has 0 saturated heterocycles. The predicted octanol–water partition coefficient (Wildman–Crippen LogP) is 3.38. The summed E-state index contributed by atoms with van der Waals surface area (Å²) in [4.78, 5) is 0. The average Bonchev–Trinajstić information content (AvgIpc) is 2.16. The summed E-state index contributed by atoms with van der Waals surface area (Å²) in [5.41, 5.74) is 0.653. The first kappa shape index (κ1) is 14.2. The third-order valence-corrected chi connectivity index (χ3v) is 1.56. The minimum absolute atomic E-state index is 0.120. The van der Waals surface area contributed by atoms with Crippen LogP contribution in [0.25, 0.3) is 0 Å². The summed E-state index contributed by atoms with van der Waals surface area (Å²) >= 11 is 5.67. The smallest absolute Gasteiger partial charge is 0.140 e. The van der Waals surface area contributed by atoms with Crippen LogP contribution in [0.1, 0.15) is 11.7 Å². The van der Waals surface area contributed by atoms with Gasteiger partial charge >= 0.3 is 0 Å². The predicted molar refractivity (Wildman–Crippen MR) is 68.6 cm³/mol. The highest BCUT2D eigenvalue weighted by molar-refractivity contribution is 6.54. The van der Waals surface area contributed by atoms with E-state index in [1.54, 1.807) is 24.3 Å². The molecule has 1 rings (SSSR count). The molecule has 0 fully saturated rings. The van der Waals surface area contributed by atoms with Crippen LogP contribution in [0.15, 0.2) is 24.3 Å². The van der Waals surface area contributed by atoms with Crippen LogP contribution in [-0.4, -0.2) is 13.9 Å². The van der Waals surface area contributed by atoms with Gasteiger partial charge in [0.15, 0.2) is 0 Å². The van der Waals surface area contributed by atoms with Crippen LogP contribution in [0.4, 0.5) is 0 Å². The molecule has 1 aromatic rings. The van der Waals surface area contributed by atoms with E-state index in [1.165, 1.54) is 0 Å². The molecule has 0 aliphatic heterocycles. The molecule has 1 atom stereocenters. The fraction of sp³-hybridized carbons (Fsp3) is 0.333. The Morgan fingerprint density at radius 2 is 1.93 bits per heavy atom. The lowest BCUT2D eigenvalue weighted by Crippen LogP contribution is -1.91. The van der Waals surface area contributed by atoms with Crippen molar-refractivity contribution in [3.8, 4) is 12.3 Å². The van der Waals surface area contributed by atoms with Gasteiger partial charge in [0.1, 0.15) is 6.10 Å². The quantitative estimate of drug-likeness (QED) is 0.589. The van der Waals surface area contributed by atoms with Gasteiger partial charge in [-0.05, 0) is 17.7 Å². The monoisotopic (exact) mass is 239 g/mol. The maximum absolute atomic E-state index is 9.16. The minimum atomic E-state index is -0.853. The molecule has 1 aromatic carbocycles. The highest BCUT2D eigenvalue weighted by Crippen LogP contribution is 2.16. The molecule has 0 bridgehead atoms. The molecular weight excluding hydrogens is 224 g/mol. The van der Waals surface area contributed by atoms with Gasteiger partial charge in [0.25, 0.3) is 0 Å². The van der Waals surface area contributed by atoms with Crippen molar-refractivity contribution in [3.63, 3.8) is 0 Å². The third kappa shape index (κ3) is 7.21. The van der Waals surface area contributed by atoms with Gasteiger partial charge in [-0.1, -0.05) is 49.3 Å². The largest absolute Gasteiger partial charge is 0.376 e. The maximum Gasteiger partial charge on any atom is 0.140 e. The normalized spacial score (nSPS) is 11.3. The Hall–Kier alpha value is -0.753. The number of aliphatic hydroxyl groups excluding tert-OH is 1. The van der Waals surface area contributed by atoms with Crippen LogP contribution < -0.4 is 0 Å². The number of terminal acetylenes is 1. The Balaban J connectivity index is 0.000000423. The summed E-state index contributed by atoms with van der Waals surface area (Å²) in [6.45, 7) is 6.81. The molecular formula is C12H16ClOSi. The molecule has 1 N–H and O–H groups in total. The molecule has 15 heavy (non-hydrogen) atoms. The van der Waals surface area contributed by atoms with E-state index in [1.807, 2.05) is 0 Å². The van der Waals surface area contributed by atoms with Crippen molar-refractivity contribution in [2.24, 2.45) is 0 Å². The van der Waals surface area contributed by atoms with E-state index >= 15 is 0 Å². The van der Waals surface area contributed by atoms with Gasteiger partial charge in [0, 0.05) is 13.8 Å². The first-order chi connectivity index (χ1) is 6.97. The van der Waals surface area contributed by atoms with Crippen molar-refractivity contribution in [2.75, 3.05) is 0 Å². The Bertz CT molecular complexity index is 328. The van der Waals surface area contributed by atoms with E-state index in [9.17, 15) is 0 Å². The van der Waals surface area contributed by atoms with Crippen LogP contribution in [0, 0.1) is 12.3 Å². The number of hydrogen-bond donors (Lipinski definition) is 1. The molecule has 0 saturated carbocycles. The summed E-state index contributed by atoms with van der Waals surface area (Å²) in [5.74, 6) is 2.21. The second kappa shape index (κ2) is 7.53. The highest BCUT2D eigenvalue weighted by atomic mass is 35.5. The van der Waals surface area contributed by atoms with Crippen molar-refractivity contribution in [1.82, 2.24) is 0 Å². The fourth-order valence-electron chi connectivity index (χ4n) is 0.773. The van der Waals surface area contributed by atoms with Crippen LogP contribution in [0.2, 0.25) is 24.7 Å². The Morgan fingerprint density at radius 3 is 2.33 bits per heavy atom. The first-order valence-corrected chi connectivity index (χ1v) is 8.01. The minimum Gasteiger partial charge on any atom is -0.376 e. The van der Waals surface area contributed by atoms with Gasteiger partial charge in [-0.2, -0.15) is 0 Å². The number of rotatable bonds is 1. The van der Waals surface area contributed by atoms with Crippen molar-refractivity contribution in [3.05, 3.63) is 34.9 Å². The summed E-state index contributed by atoms with van der Waals surface area (Å²) in [5, 5.41) is 9.74. The lowest BCUT2D eigenvalue weighted by Gasteiger charge is -2.02. The van der Waals surface area contributed by atoms with Crippen LogP contribution in [0.5, 0.6) is 0 Å². The van der Waals surface area contributed by atoms with E-state index in [-0.39, 0.29) is 8.80 Å². The highest BCUT2D eigenvalue weighted by Gasteiger charge is 2.01. The molecule has 1 radical (unpaired) electrons. The topological polar surface area (TPSA) is 20.2 Å². The lowest BCUT2D eigenvalue weighted by atomic mass is 10.1. The molecule has 3 heteroatoms. The molecule has 0 amide bonds. The van der Waals surface area contributed by atoms with E-state index in [0.29, 0.717) is 10.6 Å². The zero-order chi connectivity index (χ0) is 11.8. The second-order valence-electron chi connectivity index (χ2n) is 3.62. The molecule has 0 aliphatic carbocycles. The van der Waals surface area contributed by atoms with Crippen LogP contribution in [0.3, 0.4) is 0 Å². The SMILES string of the molecule is C#CC(O)c1cccc(Cl)c1.C[Si](C)C. The van der Waals surface area contributed by atoms with Crippen LogP contribution in [-0.2, 0) is 0 Å². The van der Waals surface area contributed by atoms with E-state index in [4.69, 9.17) is 23.1 Å². The number of hydrogen-bond acceptors (Lipinski definition) is 1. The summed E-state index contributed by atoms with van der Waals surface area (Å²) < 4.78 is 0. The zero-order valence-electron chi connectivity index (χ0n) is 9.29. The van der Waals surface area contributed by atoms with Crippen molar-refractivity contribution < 1.29 is 5.11 Å². The maximum atomic E-state index is 9.16. The van der Waals surface area contributed by atoms with E-state index < -0.39 is 6.10 Å². The number of aliphatic hydroxyl groups is 1. The summed E-state index contributed by atoms with van der Waals surface area (Å²) in [7, 11) is 0.120. The Morgan fingerprint density at radius 1 is 1.40 bits per heavy atom. The summed E-state index contributed by atoms with van der Waals surface area (Å²) in [6, 6.07) is 6.86. The summed E-state index contributed by atoms with van der Waals surface area (Å²) in [6.07, 6.45) is 4.16. The van der Waals surface area contributed by atoms with Crippen molar-refractivity contribution in [2.45, 2.75) is 25.7 Å². The molecule has 0 spiro atoms. The molecule has 0 aliphatic rings. The van der Waals surface area contributed by atoms with Gasteiger partial charge in [-0.3, -0.25) is 0 Å². The first-order valence-electron chi connectivity index (χ1n) is 4.63. The van der Waals surface area contributed by atoms with Gasteiger partial charge in [-0.15, -0.1) is 6.42 Å². The molecule has 1 nitrogen and oxygen atoms in total. The number of halogens is 1. The van der Waals surface area contributed by atoms with Crippen LogP contribution >= 0.6 is 11.6 Å². The molecule has 0 aromatic heterocycles. The average molecular weight is 240 g/mol. The standard InChI is InChI=1S/C9H7ClO.C3H9Si/c1-2-9(11)7-4-3-5-8(10)6-7;1-4(2)3/h1,3-6,9,11H;1-3H3. The Labute approximate surface area is 98.7 Å². The third-order valence-electron chi connectivity index (χ3n) is 1.32. The van der Waals surface area contributed by atoms with Gasteiger partial charge < -0.3 is 5.11 Å². The second-order valence-corrected chi connectivity index (χ2v) is 7.06. The fourth-order valence-corrected chi connectivity index (χ4v) is 0.972. The van der Waals surface area contributed by atoms with Crippen molar-refractivity contribution in [1.29, 1.82) is 0 Å². The van der Waals surface area contributed by atoms with Gasteiger partial charge in [0.05, 0.1) is 0 Å². The van der Waals surface area contributed by atoms with Crippen molar-refractivity contribution >= 4 is 20.4 Å². The zero-order valence-corrected chi connectivity index (χ0v) is 11.0. The number of benzene rings is 1. The van der Waals surface area contributed by atoms with Gasteiger partial charge in [0.2, 0.25) is 0 Å². The lowest BCUT2D eigenvalue weighted by molar-refractivity contribution is 0.238. The molecule has 1 unspecified atom stereocenters. The Kier molecular flexibility index (Phi) is 7.15. The van der Waals surface area contributed by atoms with Gasteiger partial charge in [-0.25, -0.2) is 0 Å².